The van der Waals surface area contributed by atoms with E-state index in [0.717, 1.165) is 53.6 Å². The van der Waals surface area contributed by atoms with Gasteiger partial charge in [0.15, 0.2) is 5.65 Å². The van der Waals surface area contributed by atoms with Gasteiger partial charge in [-0.05, 0) is 43.5 Å². The molecule has 4 heterocycles. The molecule has 4 rings (SSSR count). The summed E-state index contributed by atoms with van der Waals surface area (Å²) in [4.78, 5) is 6.88. The quantitative estimate of drug-likeness (QED) is 0.779. The van der Waals surface area contributed by atoms with E-state index in [-0.39, 0.29) is 12.0 Å². The van der Waals surface area contributed by atoms with E-state index in [1.165, 1.54) is 0 Å². The molecule has 8 heteroatoms. The van der Waals surface area contributed by atoms with Gasteiger partial charge in [-0.15, -0.1) is 0 Å². The Kier molecular flexibility index (Phi) is 4.67. The molecule has 2 aliphatic heterocycles. The molecule has 2 atom stereocenters. The summed E-state index contributed by atoms with van der Waals surface area (Å²) in [6.45, 7) is 4.71. The van der Waals surface area contributed by atoms with Gasteiger partial charge < -0.3 is 0 Å². The number of nitrogens with zero attached hydrogens (tertiary/aromatic N) is 4. The van der Waals surface area contributed by atoms with Crippen molar-refractivity contribution in [1.82, 2.24) is 19.5 Å². The van der Waals surface area contributed by atoms with Crippen LogP contribution < -0.4 is 0 Å². The van der Waals surface area contributed by atoms with E-state index in [1.54, 1.807) is 6.07 Å². The largest absolute Gasteiger partial charge is 0.433 e. The van der Waals surface area contributed by atoms with Crippen molar-refractivity contribution in [3.05, 3.63) is 29.2 Å². The molecular formula is C18H23F3N4S. The molecule has 2 fully saturated rings. The molecule has 2 aromatic rings. The van der Waals surface area contributed by atoms with Crippen LogP contribution in [0.25, 0.3) is 5.65 Å². The number of hydrogen-bond acceptors (Lipinski definition) is 4. The normalized spacial score (nSPS) is 25.0. The lowest BCUT2D eigenvalue weighted by Gasteiger charge is -2.28. The van der Waals surface area contributed by atoms with Crippen LogP contribution in [0.2, 0.25) is 0 Å². The van der Waals surface area contributed by atoms with Crippen molar-refractivity contribution in [2.75, 3.05) is 18.1 Å². The van der Waals surface area contributed by atoms with Gasteiger partial charge in [-0.25, -0.2) is 9.50 Å². The van der Waals surface area contributed by atoms with Crippen molar-refractivity contribution >= 4 is 17.4 Å². The monoisotopic (exact) mass is 384 g/mol. The molecular weight excluding hydrogens is 361 g/mol. The Morgan fingerprint density at radius 2 is 2.04 bits per heavy atom. The van der Waals surface area contributed by atoms with Crippen molar-refractivity contribution in [1.29, 1.82) is 0 Å². The van der Waals surface area contributed by atoms with Gasteiger partial charge in [0.25, 0.3) is 0 Å². The standard InChI is InChI=1S/C18H23F3N4S/c1-11(2)13-8-16(18(19,20)21)25-17(22-13)9-14(23-25)15-4-3-6-24(15)12-5-7-26-10-12/h8-9,11-12,15H,3-7,10H2,1-2H3/t12-,15-/m1/s1. The smallest absolute Gasteiger partial charge is 0.291 e. The Balaban J connectivity index is 1.77. The predicted molar refractivity (Wildman–Crippen MR) is 96.5 cm³/mol. The topological polar surface area (TPSA) is 33.4 Å². The Hall–Kier alpha value is -1.28. The molecule has 142 valence electrons. The van der Waals surface area contributed by atoms with E-state index in [9.17, 15) is 13.2 Å². The van der Waals surface area contributed by atoms with E-state index in [4.69, 9.17) is 0 Å². The summed E-state index contributed by atoms with van der Waals surface area (Å²) in [7, 11) is 0. The minimum Gasteiger partial charge on any atom is -0.291 e. The van der Waals surface area contributed by atoms with Crippen molar-refractivity contribution < 1.29 is 13.2 Å². The fraction of sp³-hybridized carbons (Fsp3) is 0.667. The summed E-state index contributed by atoms with van der Waals surface area (Å²) < 4.78 is 41.7. The fourth-order valence-corrected chi connectivity index (χ4v) is 5.24. The van der Waals surface area contributed by atoms with Crippen LogP contribution in [0.15, 0.2) is 12.1 Å². The van der Waals surface area contributed by atoms with Crippen LogP contribution in [0.1, 0.15) is 62.2 Å². The molecule has 2 aliphatic rings. The molecule has 0 bridgehead atoms. The van der Waals surface area contributed by atoms with Crippen LogP contribution in [-0.4, -0.2) is 43.6 Å². The molecule has 0 radical (unpaired) electrons. The fourth-order valence-electron chi connectivity index (χ4n) is 4.00. The number of halogens is 3. The molecule has 0 saturated carbocycles. The second kappa shape index (κ2) is 6.71. The van der Waals surface area contributed by atoms with Crippen LogP contribution >= 0.6 is 11.8 Å². The first-order chi connectivity index (χ1) is 12.3. The van der Waals surface area contributed by atoms with E-state index in [1.807, 2.05) is 25.6 Å². The lowest BCUT2D eigenvalue weighted by molar-refractivity contribution is -0.142. The average molecular weight is 384 g/mol. The van der Waals surface area contributed by atoms with Crippen LogP contribution in [0.3, 0.4) is 0 Å². The molecule has 0 aromatic carbocycles. The Morgan fingerprint density at radius 3 is 2.69 bits per heavy atom. The van der Waals surface area contributed by atoms with Gasteiger partial charge in [0.2, 0.25) is 0 Å². The van der Waals surface area contributed by atoms with Crippen molar-refractivity contribution in [2.24, 2.45) is 0 Å². The minimum absolute atomic E-state index is 0.0713. The maximum absolute atomic E-state index is 13.6. The third kappa shape index (κ3) is 3.22. The van der Waals surface area contributed by atoms with Gasteiger partial charge >= 0.3 is 6.18 Å². The lowest BCUT2D eigenvalue weighted by atomic mass is 10.1. The van der Waals surface area contributed by atoms with E-state index >= 15 is 0 Å². The van der Waals surface area contributed by atoms with E-state index in [2.05, 4.69) is 15.0 Å². The molecule has 26 heavy (non-hydrogen) atoms. The van der Waals surface area contributed by atoms with Crippen molar-refractivity contribution in [2.45, 2.75) is 57.3 Å². The van der Waals surface area contributed by atoms with Gasteiger partial charge in [-0.3, -0.25) is 4.90 Å². The SMILES string of the molecule is CC(C)c1cc(C(F)(F)F)n2nc([C@H]3CCCN3[C@@H]3CCSC3)cc2n1. The minimum atomic E-state index is -4.45. The van der Waals surface area contributed by atoms with Gasteiger partial charge in [0.05, 0.1) is 11.7 Å². The number of thioether (sulfide) groups is 1. The average Bonchev–Trinajstić information content (AvgIpc) is 3.30. The van der Waals surface area contributed by atoms with E-state index in [0.29, 0.717) is 17.4 Å². The zero-order chi connectivity index (χ0) is 18.5. The molecule has 0 spiro atoms. The van der Waals surface area contributed by atoms with Crippen LogP contribution in [0.4, 0.5) is 13.2 Å². The van der Waals surface area contributed by atoms with Gasteiger partial charge in [0.1, 0.15) is 5.69 Å². The lowest BCUT2D eigenvalue weighted by Crippen LogP contribution is -2.34. The van der Waals surface area contributed by atoms with Gasteiger partial charge in [-0.1, -0.05) is 13.8 Å². The molecule has 4 nitrogen and oxygen atoms in total. The highest BCUT2D eigenvalue weighted by Crippen LogP contribution is 2.38. The number of likely N-dealkylation sites (tertiary alicyclic amines) is 1. The van der Waals surface area contributed by atoms with E-state index < -0.39 is 11.9 Å². The molecule has 0 N–H and O–H groups in total. The zero-order valence-electron chi connectivity index (χ0n) is 15.0. The highest BCUT2D eigenvalue weighted by Gasteiger charge is 2.38. The second-order valence-electron chi connectivity index (χ2n) is 7.47. The maximum atomic E-state index is 13.6. The molecule has 0 aliphatic carbocycles. The van der Waals surface area contributed by atoms with Crippen LogP contribution in [0, 0.1) is 0 Å². The predicted octanol–water partition coefficient (Wildman–Crippen LogP) is 4.51. The third-order valence-electron chi connectivity index (χ3n) is 5.36. The Labute approximate surface area is 155 Å². The first kappa shape index (κ1) is 18.1. The first-order valence-electron chi connectivity index (χ1n) is 9.16. The zero-order valence-corrected chi connectivity index (χ0v) is 15.8. The summed E-state index contributed by atoms with van der Waals surface area (Å²) in [5.41, 5.74) is 0.731. The number of hydrogen-bond donors (Lipinski definition) is 0. The Bertz CT molecular complexity index is 796. The maximum Gasteiger partial charge on any atom is 0.433 e. The van der Waals surface area contributed by atoms with Crippen molar-refractivity contribution in [3.8, 4) is 0 Å². The number of alkyl halides is 3. The third-order valence-corrected chi connectivity index (χ3v) is 6.50. The number of rotatable bonds is 3. The second-order valence-corrected chi connectivity index (χ2v) is 8.62. The van der Waals surface area contributed by atoms with Crippen molar-refractivity contribution in [3.63, 3.8) is 0 Å². The summed E-state index contributed by atoms with van der Waals surface area (Å²) in [5, 5.41) is 4.37. The molecule has 0 unspecified atom stereocenters. The highest BCUT2D eigenvalue weighted by molar-refractivity contribution is 7.99. The summed E-state index contributed by atoms with van der Waals surface area (Å²) in [5.74, 6) is 2.20. The number of fused-ring (bicyclic) bond motifs is 1. The molecule has 2 saturated heterocycles. The highest BCUT2D eigenvalue weighted by atomic mass is 32.2. The Morgan fingerprint density at radius 1 is 1.23 bits per heavy atom. The summed E-state index contributed by atoms with van der Waals surface area (Å²) in [6, 6.07) is 3.50. The van der Waals surface area contributed by atoms with Gasteiger partial charge in [-0.2, -0.15) is 30.0 Å². The summed E-state index contributed by atoms with van der Waals surface area (Å²) in [6.07, 6.45) is -1.29. The summed E-state index contributed by atoms with van der Waals surface area (Å²) >= 11 is 1.95. The van der Waals surface area contributed by atoms with Crippen LogP contribution in [-0.2, 0) is 6.18 Å². The van der Waals surface area contributed by atoms with Crippen LogP contribution in [0.5, 0.6) is 0 Å². The van der Waals surface area contributed by atoms with Gasteiger partial charge in [0, 0.05) is 23.6 Å². The molecule has 0 amide bonds. The molecule has 2 aromatic heterocycles. The first-order valence-corrected chi connectivity index (χ1v) is 10.3. The number of aromatic nitrogens is 3.